The van der Waals surface area contributed by atoms with Crippen molar-refractivity contribution < 1.29 is 9.90 Å². The predicted octanol–water partition coefficient (Wildman–Crippen LogP) is 0.995. The van der Waals surface area contributed by atoms with Crippen molar-refractivity contribution in [2.75, 3.05) is 19.6 Å². The Morgan fingerprint density at radius 1 is 1.42 bits per heavy atom. The average Bonchev–Trinajstić information content (AvgIpc) is 3.21. The molecule has 24 heavy (non-hydrogen) atoms. The Bertz CT molecular complexity index is 662. The van der Waals surface area contributed by atoms with Gasteiger partial charge in [0.05, 0.1) is 18.2 Å². The molecule has 1 saturated heterocycles. The molecule has 1 aliphatic rings. The zero-order valence-electron chi connectivity index (χ0n) is 13.6. The van der Waals surface area contributed by atoms with Crippen LogP contribution >= 0.6 is 12.4 Å². The highest BCUT2D eigenvalue weighted by Crippen LogP contribution is 2.28. The van der Waals surface area contributed by atoms with E-state index in [4.69, 9.17) is 0 Å². The molecule has 3 rings (SSSR count). The maximum atomic E-state index is 12.5. The lowest BCUT2D eigenvalue weighted by molar-refractivity contribution is -0.125. The highest BCUT2D eigenvalue weighted by atomic mass is 35.5. The number of aromatic nitrogens is 2. The number of nitrogens with one attached hydrogen (secondary N) is 2. The topological polar surface area (TPSA) is 79.2 Å². The summed E-state index contributed by atoms with van der Waals surface area (Å²) < 4.78 is 1.75. The fourth-order valence-electron chi connectivity index (χ4n) is 3.06. The summed E-state index contributed by atoms with van der Waals surface area (Å²) in [6.07, 6.45) is 3.08. The molecule has 6 nitrogen and oxygen atoms in total. The number of aliphatic hydroxyl groups is 1. The number of aliphatic hydroxyl groups excluding tert-OH is 1. The van der Waals surface area contributed by atoms with E-state index in [1.54, 1.807) is 4.68 Å². The number of nitrogens with zero attached hydrogens (tertiary/aromatic N) is 2. The van der Waals surface area contributed by atoms with Crippen LogP contribution in [0, 0.1) is 5.92 Å². The van der Waals surface area contributed by atoms with E-state index >= 15 is 0 Å². The van der Waals surface area contributed by atoms with Gasteiger partial charge in [0.25, 0.3) is 0 Å². The molecule has 3 N–H and O–H groups in total. The molecule has 3 atom stereocenters. The Labute approximate surface area is 147 Å². The number of carbonyl (C=O) groups excluding carboxylic acids is 1. The second-order valence-corrected chi connectivity index (χ2v) is 5.99. The summed E-state index contributed by atoms with van der Waals surface area (Å²) in [6.45, 7) is 1.64. The molecule has 1 unspecified atom stereocenters. The van der Waals surface area contributed by atoms with E-state index in [1.165, 1.54) is 0 Å². The van der Waals surface area contributed by atoms with Crippen molar-refractivity contribution in [3.8, 4) is 0 Å². The van der Waals surface area contributed by atoms with Crippen LogP contribution in [0.2, 0.25) is 0 Å². The van der Waals surface area contributed by atoms with Crippen LogP contribution in [-0.2, 0) is 11.8 Å². The van der Waals surface area contributed by atoms with Gasteiger partial charge in [-0.05, 0) is 11.1 Å². The molecule has 1 aliphatic heterocycles. The molecule has 0 aliphatic carbocycles. The molecule has 0 radical (unpaired) electrons. The summed E-state index contributed by atoms with van der Waals surface area (Å²) in [5.74, 6) is -0.0430. The third-order valence-electron chi connectivity index (χ3n) is 4.36. The summed E-state index contributed by atoms with van der Waals surface area (Å²) >= 11 is 0. The van der Waals surface area contributed by atoms with Crippen LogP contribution < -0.4 is 10.6 Å². The molecule has 1 aromatic carbocycles. The minimum Gasteiger partial charge on any atom is -0.387 e. The van der Waals surface area contributed by atoms with Gasteiger partial charge in [0.1, 0.15) is 0 Å². The number of benzene rings is 1. The fourth-order valence-corrected chi connectivity index (χ4v) is 3.06. The van der Waals surface area contributed by atoms with Crippen molar-refractivity contribution in [1.82, 2.24) is 20.4 Å². The van der Waals surface area contributed by atoms with E-state index in [0.29, 0.717) is 6.54 Å². The van der Waals surface area contributed by atoms with Crippen LogP contribution in [0.3, 0.4) is 0 Å². The Morgan fingerprint density at radius 2 is 2.17 bits per heavy atom. The van der Waals surface area contributed by atoms with Crippen molar-refractivity contribution in [2.24, 2.45) is 13.0 Å². The van der Waals surface area contributed by atoms with Crippen LogP contribution in [-0.4, -0.2) is 40.4 Å². The number of aryl methyl sites for hydroxylation is 1. The molecule has 0 saturated carbocycles. The van der Waals surface area contributed by atoms with Gasteiger partial charge in [-0.25, -0.2) is 0 Å². The molecule has 7 heteroatoms. The van der Waals surface area contributed by atoms with Gasteiger partial charge in [-0.15, -0.1) is 12.4 Å². The fraction of sp³-hybridized carbons (Fsp3) is 0.412. The molecular weight excluding hydrogens is 328 g/mol. The summed E-state index contributed by atoms with van der Waals surface area (Å²) in [7, 11) is 1.87. The highest BCUT2D eigenvalue weighted by Gasteiger charge is 2.34. The number of amides is 1. The monoisotopic (exact) mass is 350 g/mol. The Hall–Kier alpha value is -1.89. The van der Waals surface area contributed by atoms with Crippen LogP contribution in [0.5, 0.6) is 0 Å². The summed E-state index contributed by atoms with van der Waals surface area (Å²) in [5, 5.41) is 20.5. The first-order valence-electron chi connectivity index (χ1n) is 7.85. The van der Waals surface area contributed by atoms with Gasteiger partial charge < -0.3 is 15.7 Å². The lowest BCUT2D eigenvalue weighted by Crippen LogP contribution is -2.36. The van der Waals surface area contributed by atoms with Crippen molar-refractivity contribution in [1.29, 1.82) is 0 Å². The van der Waals surface area contributed by atoms with Crippen molar-refractivity contribution >= 4 is 18.3 Å². The number of carbonyl (C=O) groups is 1. The quantitative estimate of drug-likeness (QED) is 0.751. The molecule has 2 aromatic rings. The van der Waals surface area contributed by atoms with Crippen molar-refractivity contribution in [2.45, 2.75) is 12.0 Å². The largest absolute Gasteiger partial charge is 0.387 e. The molecule has 0 spiro atoms. The molecule has 1 aromatic heterocycles. The highest BCUT2D eigenvalue weighted by molar-refractivity contribution is 5.85. The summed E-state index contributed by atoms with van der Waals surface area (Å²) in [6, 6.07) is 9.36. The van der Waals surface area contributed by atoms with Crippen LogP contribution in [0.4, 0.5) is 0 Å². The van der Waals surface area contributed by atoms with Crippen molar-refractivity contribution in [3.05, 3.63) is 53.9 Å². The molecule has 0 bridgehead atoms. The van der Waals surface area contributed by atoms with E-state index in [9.17, 15) is 9.90 Å². The second kappa shape index (κ2) is 8.28. The number of rotatable bonds is 5. The van der Waals surface area contributed by atoms with Gasteiger partial charge in [0, 0.05) is 38.8 Å². The van der Waals surface area contributed by atoms with E-state index in [-0.39, 0.29) is 36.7 Å². The first-order valence-corrected chi connectivity index (χ1v) is 7.85. The lowest BCUT2D eigenvalue weighted by atomic mass is 9.90. The molecular formula is C17H23ClN4O2. The van der Waals surface area contributed by atoms with Crippen molar-refractivity contribution in [3.63, 3.8) is 0 Å². The number of halogens is 1. The third-order valence-corrected chi connectivity index (χ3v) is 4.36. The SMILES string of the molecule is Cl.Cn1cc([C@H]2CNC[C@@H]2C(=O)NCC(O)c2ccccc2)cn1. The zero-order valence-corrected chi connectivity index (χ0v) is 14.4. The summed E-state index contributed by atoms with van der Waals surface area (Å²) in [5.41, 5.74) is 1.88. The first-order chi connectivity index (χ1) is 11.1. The molecule has 1 fully saturated rings. The minimum absolute atomic E-state index is 0. The standard InChI is InChI=1S/C17H22N4O2.ClH/c1-21-11-13(7-20-21)14-8-18-9-15(14)17(23)19-10-16(22)12-5-3-2-4-6-12;/h2-7,11,14-16,18,22H,8-10H2,1H3,(H,19,23);1H/t14-,15+,16?;/m1./s1. The number of hydrogen-bond donors (Lipinski definition) is 3. The molecule has 2 heterocycles. The van der Waals surface area contributed by atoms with Crippen LogP contribution in [0.1, 0.15) is 23.1 Å². The normalized spacial score (nSPS) is 21.1. The Kier molecular flexibility index (Phi) is 6.36. The second-order valence-electron chi connectivity index (χ2n) is 5.99. The van der Waals surface area contributed by atoms with Gasteiger partial charge in [-0.2, -0.15) is 5.10 Å². The van der Waals surface area contributed by atoms with E-state index in [0.717, 1.165) is 17.7 Å². The maximum absolute atomic E-state index is 12.5. The van der Waals surface area contributed by atoms with Gasteiger partial charge in [0.2, 0.25) is 5.91 Å². The van der Waals surface area contributed by atoms with E-state index in [1.807, 2.05) is 49.8 Å². The zero-order chi connectivity index (χ0) is 16.2. The number of hydrogen-bond acceptors (Lipinski definition) is 4. The predicted molar refractivity (Wildman–Crippen MR) is 94.0 cm³/mol. The van der Waals surface area contributed by atoms with Gasteiger partial charge >= 0.3 is 0 Å². The first kappa shape index (κ1) is 18.4. The lowest BCUT2D eigenvalue weighted by Gasteiger charge is -2.18. The van der Waals surface area contributed by atoms with E-state index < -0.39 is 6.10 Å². The minimum atomic E-state index is -0.689. The maximum Gasteiger partial charge on any atom is 0.225 e. The van der Waals surface area contributed by atoms with Gasteiger partial charge in [-0.1, -0.05) is 30.3 Å². The Morgan fingerprint density at radius 3 is 2.83 bits per heavy atom. The average molecular weight is 351 g/mol. The van der Waals surface area contributed by atoms with Gasteiger partial charge in [-0.3, -0.25) is 9.48 Å². The third kappa shape index (κ3) is 4.14. The molecule has 130 valence electrons. The summed E-state index contributed by atoms with van der Waals surface area (Å²) in [4.78, 5) is 12.5. The van der Waals surface area contributed by atoms with E-state index in [2.05, 4.69) is 15.7 Å². The van der Waals surface area contributed by atoms with Gasteiger partial charge in [0.15, 0.2) is 0 Å². The molecule has 1 amide bonds. The van der Waals surface area contributed by atoms with Crippen LogP contribution in [0.15, 0.2) is 42.7 Å². The smallest absolute Gasteiger partial charge is 0.225 e. The Balaban J connectivity index is 0.00000208. The van der Waals surface area contributed by atoms with Crippen LogP contribution in [0.25, 0.3) is 0 Å².